The maximum atomic E-state index is 11.8. The predicted octanol–water partition coefficient (Wildman–Crippen LogP) is 0.919. The topological polar surface area (TPSA) is 106 Å². The maximum Gasteiger partial charge on any atom is 0.276 e. The van der Waals surface area contributed by atoms with Gasteiger partial charge in [-0.05, 0) is 6.07 Å². The Morgan fingerprint density at radius 2 is 2.14 bits per heavy atom. The van der Waals surface area contributed by atoms with Crippen molar-refractivity contribution >= 4 is 17.4 Å². The third-order valence-electron chi connectivity index (χ3n) is 2.71. The number of nitro groups is 1. The normalized spacial score (nSPS) is 10.2. The van der Waals surface area contributed by atoms with Crippen molar-refractivity contribution in [3.63, 3.8) is 0 Å². The van der Waals surface area contributed by atoms with E-state index in [1.165, 1.54) is 34.0 Å². The average molecular weight is 290 g/mol. The summed E-state index contributed by atoms with van der Waals surface area (Å²) >= 11 is 0. The molecule has 0 unspecified atom stereocenters. The highest BCUT2D eigenvalue weighted by Crippen LogP contribution is 2.19. The molecule has 0 saturated heterocycles. The van der Waals surface area contributed by atoms with E-state index in [0.717, 1.165) is 0 Å². The Hall–Kier alpha value is -2.97. The number of rotatable bonds is 4. The smallest absolute Gasteiger partial charge is 0.276 e. The molecule has 110 valence electrons. The van der Waals surface area contributed by atoms with Crippen molar-refractivity contribution in [3.05, 3.63) is 40.2 Å². The van der Waals surface area contributed by atoms with Crippen molar-refractivity contribution in [2.45, 2.75) is 0 Å². The van der Waals surface area contributed by atoms with Gasteiger partial charge in [0.25, 0.3) is 11.6 Å². The number of amides is 1. The minimum atomic E-state index is -0.512. The molecule has 0 radical (unpaired) electrons. The molecule has 0 spiro atoms. The van der Waals surface area contributed by atoms with Crippen molar-refractivity contribution in [3.8, 4) is 5.82 Å². The average Bonchev–Trinajstić information content (AvgIpc) is 2.95. The van der Waals surface area contributed by atoms with E-state index >= 15 is 0 Å². The second kappa shape index (κ2) is 5.57. The molecule has 21 heavy (non-hydrogen) atoms. The lowest BCUT2D eigenvalue weighted by molar-refractivity contribution is -0.384. The highest BCUT2D eigenvalue weighted by molar-refractivity contribution is 5.91. The van der Waals surface area contributed by atoms with Gasteiger partial charge in [0.1, 0.15) is 5.82 Å². The number of carbonyl (C=O) groups excluding carboxylic acids is 1. The lowest BCUT2D eigenvalue weighted by Gasteiger charge is -2.07. The summed E-state index contributed by atoms with van der Waals surface area (Å²) in [6, 6.07) is 4.14. The Bertz CT molecular complexity index is 694. The fourth-order valence-corrected chi connectivity index (χ4v) is 1.65. The molecule has 0 aromatic carbocycles. The van der Waals surface area contributed by atoms with Crippen LogP contribution in [0.25, 0.3) is 5.82 Å². The summed E-state index contributed by atoms with van der Waals surface area (Å²) in [5, 5.41) is 17.8. The number of hydrogen-bond acceptors (Lipinski definition) is 6. The van der Waals surface area contributed by atoms with E-state index in [1.807, 2.05) is 0 Å². The molecule has 2 heterocycles. The number of anilines is 1. The van der Waals surface area contributed by atoms with Gasteiger partial charge >= 0.3 is 0 Å². The SMILES string of the molecule is CNc1cc([N+](=O)[O-])cc(-n2ccc(C(=O)N(C)C)n2)n1. The predicted molar refractivity (Wildman–Crippen MR) is 75.6 cm³/mol. The quantitative estimate of drug-likeness (QED) is 0.663. The second-order valence-corrected chi connectivity index (χ2v) is 4.42. The molecule has 0 fully saturated rings. The summed E-state index contributed by atoms with van der Waals surface area (Å²) in [6.45, 7) is 0. The Morgan fingerprint density at radius 1 is 1.43 bits per heavy atom. The first-order chi connectivity index (χ1) is 9.92. The van der Waals surface area contributed by atoms with Gasteiger partial charge in [0.15, 0.2) is 11.5 Å². The van der Waals surface area contributed by atoms with Gasteiger partial charge in [-0.1, -0.05) is 0 Å². The number of hydrogen-bond donors (Lipinski definition) is 1. The molecular formula is C12H14N6O3. The van der Waals surface area contributed by atoms with Crippen LogP contribution >= 0.6 is 0 Å². The molecule has 0 bridgehead atoms. The van der Waals surface area contributed by atoms with Crippen LogP contribution < -0.4 is 5.32 Å². The minimum Gasteiger partial charge on any atom is -0.373 e. The van der Waals surface area contributed by atoms with E-state index in [1.54, 1.807) is 21.1 Å². The summed E-state index contributed by atoms with van der Waals surface area (Å²) in [5.74, 6) is 0.342. The van der Waals surface area contributed by atoms with Crippen LogP contribution in [0.1, 0.15) is 10.5 Å². The van der Waals surface area contributed by atoms with E-state index in [0.29, 0.717) is 5.82 Å². The van der Waals surface area contributed by atoms with Crippen molar-refractivity contribution in [1.29, 1.82) is 0 Å². The highest BCUT2D eigenvalue weighted by Gasteiger charge is 2.15. The van der Waals surface area contributed by atoms with E-state index in [9.17, 15) is 14.9 Å². The molecule has 0 saturated carbocycles. The molecule has 2 rings (SSSR count). The lowest BCUT2D eigenvalue weighted by Crippen LogP contribution is -2.22. The Balaban J connectivity index is 2.44. The standard InChI is InChI=1S/C12H14N6O3/c1-13-10-6-8(18(20)21)7-11(14-10)17-5-4-9(15-17)12(19)16(2)3/h4-7H,1-3H3,(H,13,14). The molecule has 0 aliphatic rings. The Kier molecular flexibility index (Phi) is 3.83. The number of nitrogens with one attached hydrogen (secondary N) is 1. The molecule has 1 N–H and O–H groups in total. The summed E-state index contributed by atoms with van der Waals surface area (Å²) in [5.41, 5.74) is 0.125. The number of carbonyl (C=O) groups is 1. The van der Waals surface area contributed by atoms with Gasteiger partial charge < -0.3 is 10.2 Å². The molecule has 2 aromatic heterocycles. The first-order valence-corrected chi connectivity index (χ1v) is 6.04. The molecule has 0 aliphatic heterocycles. The third-order valence-corrected chi connectivity index (χ3v) is 2.71. The third kappa shape index (κ3) is 2.96. The van der Waals surface area contributed by atoms with Gasteiger partial charge in [0, 0.05) is 27.3 Å². The summed E-state index contributed by atoms with van der Waals surface area (Å²) in [6.07, 6.45) is 1.53. The zero-order valence-electron chi connectivity index (χ0n) is 11.8. The van der Waals surface area contributed by atoms with E-state index in [4.69, 9.17) is 0 Å². The lowest BCUT2D eigenvalue weighted by atomic mass is 10.3. The Labute approximate surface area is 120 Å². The number of pyridine rings is 1. The number of nitrogens with zero attached hydrogens (tertiary/aromatic N) is 5. The number of aromatic nitrogens is 3. The van der Waals surface area contributed by atoms with Crippen molar-refractivity contribution in [1.82, 2.24) is 19.7 Å². The van der Waals surface area contributed by atoms with Crippen LogP contribution in [0, 0.1) is 10.1 Å². The van der Waals surface area contributed by atoms with Crippen LogP contribution in [-0.4, -0.2) is 51.6 Å². The van der Waals surface area contributed by atoms with Crippen LogP contribution in [0.2, 0.25) is 0 Å². The zero-order chi connectivity index (χ0) is 15.6. The summed E-state index contributed by atoms with van der Waals surface area (Å²) in [4.78, 5) is 27.8. The largest absolute Gasteiger partial charge is 0.373 e. The van der Waals surface area contributed by atoms with E-state index in [2.05, 4.69) is 15.4 Å². The first-order valence-electron chi connectivity index (χ1n) is 6.04. The van der Waals surface area contributed by atoms with Gasteiger partial charge in [0.05, 0.1) is 17.1 Å². The van der Waals surface area contributed by atoms with E-state index < -0.39 is 4.92 Å². The zero-order valence-corrected chi connectivity index (χ0v) is 11.8. The van der Waals surface area contributed by atoms with Crippen LogP contribution in [0.3, 0.4) is 0 Å². The Morgan fingerprint density at radius 3 is 2.71 bits per heavy atom. The fraction of sp³-hybridized carbons (Fsp3) is 0.250. The van der Waals surface area contributed by atoms with Gasteiger partial charge in [-0.3, -0.25) is 14.9 Å². The van der Waals surface area contributed by atoms with Crippen LogP contribution in [0.15, 0.2) is 24.4 Å². The second-order valence-electron chi connectivity index (χ2n) is 4.42. The van der Waals surface area contributed by atoms with Crippen LogP contribution in [-0.2, 0) is 0 Å². The molecule has 2 aromatic rings. The molecule has 0 aliphatic carbocycles. The highest BCUT2D eigenvalue weighted by atomic mass is 16.6. The van der Waals surface area contributed by atoms with Gasteiger partial charge in [0.2, 0.25) is 0 Å². The monoisotopic (exact) mass is 290 g/mol. The van der Waals surface area contributed by atoms with Crippen LogP contribution in [0.5, 0.6) is 0 Å². The molecule has 9 heteroatoms. The molecule has 0 atom stereocenters. The van der Waals surface area contributed by atoms with Gasteiger partial charge in [-0.2, -0.15) is 5.10 Å². The van der Waals surface area contributed by atoms with E-state index in [-0.39, 0.29) is 23.1 Å². The molecule has 1 amide bonds. The minimum absolute atomic E-state index is 0.111. The van der Waals surface area contributed by atoms with Gasteiger partial charge in [-0.25, -0.2) is 9.67 Å². The van der Waals surface area contributed by atoms with Crippen LogP contribution in [0.4, 0.5) is 11.5 Å². The first kappa shape index (κ1) is 14.4. The van der Waals surface area contributed by atoms with Crippen molar-refractivity contribution < 1.29 is 9.72 Å². The summed E-state index contributed by atoms with van der Waals surface area (Å²) in [7, 11) is 4.85. The molecular weight excluding hydrogens is 276 g/mol. The maximum absolute atomic E-state index is 11.8. The molecule has 9 nitrogen and oxygen atoms in total. The van der Waals surface area contributed by atoms with Gasteiger partial charge in [-0.15, -0.1) is 0 Å². The summed E-state index contributed by atoms with van der Waals surface area (Å²) < 4.78 is 1.32. The fourth-order valence-electron chi connectivity index (χ4n) is 1.65. The van der Waals surface area contributed by atoms with Crippen molar-refractivity contribution in [2.24, 2.45) is 0 Å². The van der Waals surface area contributed by atoms with Crippen molar-refractivity contribution in [2.75, 3.05) is 26.5 Å².